The number of carboxylic acids is 1. The van der Waals surface area contributed by atoms with Crippen LogP contribution in [0.3, 0.4) is 0 Å². The van der Waals surface area contributed by atoms with E-state index in [1.807, 2.05) is 0 Å². The molecule has 0 radical (unpaired) electrons. The molecular weight excluding hydrogens is 286 g/mol. The van der Waals surface area contributed by atoms with Crippen molar-refractivity contribution < 1.29 is 14.8 Å². The van der Waals surface area contributed by atoms with Crippen LogP contribution in [0.4, 0.5) is 17.2 Å². The number of halogens is 1. The highest BCUT2D eigenvalue weighted by molar-refractivity contribution is 6.33. The highest BCUT2D eigenvalue weighted by Gasteiger charge is 2.09. The van der Waals surface area contributed by atoms with Gasteiger partial charge in [-0.3, -0.25) is 10.1 Å². The molecule has 7 nitrogen and oxygen atoms in total. The summed E-state index contributed by atoms with van der Waals surface area (Å²) in [6, 6.07) is 6.92. The van der Waals surface area contributed by atoms with E-state index in [1.165, 1.54) is 30.3 Å². The Bertz CT molecular complexity index is 673. The molecule has 1 aromatic carbocycles. The molecule has 0 bridgehead atoms. The number of anilines is 2. The van der Waals surface area contributed by atoms with Gasteiger partial charge in [0.1, 0.15) is 12.0 Å². The van der Waals surface area contributed by atoms with Gasteiger partial charge in [0, 0.05) is 6.07 Å². The predicted molar refractivity (Wildman–Crippen MR) is 72.6 cm³/mol. The summed E-state index contributed by atoms with van der Waals surface area (Å²) in [5.74, 6) is -0.715. The molecule has 0 atom stereocenters. The van der Waals surface area contributed by atoms with Gasteiger partial charge in [-0.15, -0.1) is 0 Å². The standard InChI is InChI=1S/C12H8ClN3O4/c13-9-5-7(12(17)18)1-3-10(9)15-11-4-2-8(6-14-11)16(19)20/h1-6H,(H,14,15)(H,17,18). The lowest BCUT2D eigenvalue weighted by atomic mass is 10.2. The molecule has 2 aromatic rings. The topological polar surface area (TPSA) is 105 Å². The van der Waals surface area contributed by atoms with Crippen LogP contribution in [0.5, 0.6) is 0 Å². The lowest BCUT2D eigenvalue weighted by molar-refractivity contribution is -0.385. The van der Waals surface area contributed by atoms with Crippen LogP contribution in [-0.2, 0) is 0 Å². The lowest BCUT2D eigenvalue weighted by Gasteiger charge is -2.07. The number of hydrogen-bond acceptors (Lipinski definition) is 5. The van der Waals surface area contributed by atoms with E-state index in [9.17, 15) is 14.9 Å². The normalized spacial score (nSPS) is 10.1. The first-order chi connectivity index (χ1) is 9.47. The fourth-order valence-electron chi connectivity index (χ4n) is 1.46. The van der Waals surface area contributed by atoms with E-state index in [1.54, 1.807) is 0 Å². The van der Waals surface area contributed by atoms with Crippen molar-refractivity contribution in [3.8, 4) is 0 Å². The third-order valence-corrected chi connectivity index (χ3v) is 2.75. The molecule has 0 saturated carbocycles. The van der Waals surface area contributed by atoms with Crippen molar-refractivity contribution in [1.29, 1.82) is 0 Å². The van der Waals surface area contributed by atoms with Crippen LogP contribution in [-0.4, -0.2) is 21.0 Å². The van der Waals surface area contributed by atoms with Crippen molar-refractivity contribution in [1.82, 2.24) is 4.98 Å². The minimum Gasteiger partial charge on any atom is -0.478 e. The van der Waals surface area contributed by atoms with Crippen molar-refractivity contribution in [2.45, 2.75) is 0 Å². The van der Waals surface area contributed by atoms with Gasteiger partial charge in [-0.2, -0.15) is 0 Å². The molecule has 2 N–H and O–H groups in total. The fourth-order valence-corrected chi connectivity index (χ4v) is 1.68. The molecular formula is C12H8ClN3O4. The molecule has 0 aliphatic carbocycles. The lowest BCUT2D eigenvalue weighted by Crippen LogP contribution is -1.99. The van der Waals surface area contributed by atoms with Crippen LogP contribution in [0.1, 0.15) is 10.4 Å². The molecule has 1 heterocycles. The summed E-state index contributed by atoms with van der Waals surface area (Å²) in [5.41, 5.74) is 0.401. The maximum atomic E-state index is 10.8. The molecule has 0 amide bonds. The van der Waals surface area contributed by atoms with Gasteiger partial charge < -0.3 is 10.4 Å². The molecule has 0 fully saturated rings. The fraction of sp³-hybridized carbons (Fsp3) is 0. The summed E-state index contributed by atoms with van der Waals surface area (Å²) in [6.07, 6.45) is 1.11. The number of pyridine rings is 1. The monoisotopic (exact) mass is 293 g/mol. The van der Waals surface area contributed by atoms with E-state index in [0.717, 1.165) is 6.20 Å². The SMILES string of the molecule is O=C(O)c1ccc(Nc2ccc([N+](=O)[O-])cn2)c(Cl)c1. The van der Waals surface area contributed by atoms with E-state index in [4.69, 9.17) is 16.7 Å². The summed E-state index contributed by atoms with van der Waals surface area (Å²) < 4.78 is 0. The maximum Gasteiger partial charge on any atom is 0.335 e. The highest BCUT2D eigenvalue weighted by Crippen LogP contribution is 2.26. The zero-order valence-corrected chi connectivity index (χ0v) is 10.7. The molecule has 0 spiro atoms. The number of benzene rings is 1. The van der Waals surface area contributed by atoms with Crippen molar-refractivity contribution in [2.24, 2.45) is 0 Å². The number of aromatic carboxylic acids is 1. The van der Waals surface area contributed by atoms with Crippen LogP contribution in [0.25, 0.3) is 0 Å². The Morgan fingerprint density at radius 2 is 2.10 bits per heavy atom. The number of nitrogens with zero attached hydrogens (tertiary/aromatic N) is 2. The molecule has 1 aromatic heterocycles. The molecule has 8 heteroatoms. The molecule has 0 saturated heterocycles. The number of nitrogens with one attached hydrogen (secondary N) is 1. The van der Waals surface area contributed by atoms with Crippen molar-refractivity contribution in [3.63, 3.8) is 0 Å². The van der Waals surface area contributed by atoms with Crippen LogP contribution in [0.2, 0.25) is 5.02 Å². The van der Waals surface area contributed by atoms with Gasteiger partial charge >= 0.3 is 5.97 Å². The first-order valence-electron chi connectivity index (χ1n) is 5.37. The third kappa shape index (κ3) is 3.01. The quantitative estimate of drug-likeness (QED) is 0.663. The van der Waals surface area contributed by atoms with Crippen molar-refractivity contribution >= 4 is 34.8 Å². The van der Waals surface area contributed by atoms with Gasteiger partial charge in [0.2, 0.25) is 0 Å². The molecule has 20 heavy (non-hydrogen) atoms. The minimum atomic E-state index is -1.08. The Kier molecular flexibility index (Phi) is 3.81. The highest BCUT2D eigenvalue weighted by atomic mass is 35.5. The second-order valence-electron chi connectivity index (χ2n) is 3.78. The molecule has 0 aliphatic rings. The van der Waals surface area contributed by atoms with Gasteiger partial charge in [0.25, 0.3) is 5.69 Å². The minimum absolute atomic E-state index is 0.0669. The second-order valence-corrected chi connectivity index (χ2v) is 4.19. The number of nitro groups is 1. The number of carboxylic acid groups (broad SMARTS) is 1. The third-order valence-electron chi connectivity index (χ3n) is 2.44. The van der Waals surface area contributed by atoms with Crippen LogP contribution in [0.15, 0.2) is 36.5 Å². The number of carbonyl (C=O) groups is 1. The Hall–Kier alpha value is -2.67. The van der Waals surface area contributed by atoms with E-state index >= 15 is 0 Å². The first-order valence-corrected chi connectivity index (χ1v) is 5.75. The van der Waals surface area contributed by atoms with Gasteiger partial charge in [-0.25, -0.2) is 9.78 Å². The average molecular weight is 294 g/mol. The predicted octanol–water partition coefficient (Wildman–Crippen LogP) is 3.09. The Morgan fingerprint density at radius 3 is 2.60 bits per heavy atom. The van der Waals surface area contributed by atoms with Crippen LogP contribution < -0.4 is 5.32 Å². The van der Waals surface area contributed by atoms with Crippen LogP contribution >= 0.6 is 11.6 Å². The van der Waals surface area contributed by atoms with E-state index in [0.29, 0.717) is 11.5 Å². The van der Waals surface area contributed by atoms with E-state index in [-0.39, 0.29) is 16.3 Å². The maximum absolute atomic E-state index is 10.8. The van der Waals surface area contributed by atoms with Gasteiger partial charge in [0.15, 0.2) is 0 Å². The summed E-state index contributed by atoms with van der Waals surface area (Å²) in [7, 11) is 0. The Morgan fingerprint density at radius 1 is 1.35 bits per heavy atom. The summed E-state index contributed by atoms with van der Waals surface area (Å²) in [5, 5.41) is 22.4. The summed E-state index contributed by atoms with van der Waals surface area (Å²) in [6.45, 7) is 0. The van der Waals surface area contributed by atoms with Gasteiger partial charge in [0.05, 0.1) is 21.2 Å². The molecule has 2 rings (SSSR count). The van der Waals surface area contributed by atoms with Gasteiger partial charge in [-0.1, -0.05) is 11.6 Å². The largest absolute Gasteiger partial charge is 0.478 e. The van der Waals surface area contributed by atoms with E-state index < -0.39 is 10.9 Å². The molecule has 0 aliphatic heterocycles. The van der Waals surface area contributed by atoms with Crippen LogP contribution in [0, 0.1) is 10.1 Å². The Balaban J connectivity index is 2.21. The summed E-state index contributed by atoms with van der Waals surface area (Å²) >= 11 is 5.94. The number of rotatable bonds is 4. The average Bonchev–Trinajstić information content (AvgIpc) is 2.41. The molecule has 0 unspecified atom stereocenters. The van der Waals surface area contributed by atoms with Crippen molar-refractivity contribution in [3.05, 3.63) is 57.2 Å². The van der Waals surface area contributed by atoms with E-state index in [2.05, 4.69) is 10.3 Å². The molecule has 102 valence electrons. The zero-order valence-electron chi connectivity index (χ0n) is 9.91. The Labute approximate surface area is 118 Å². The smallest absolute Gasteiger partial charge is 0.335 e. The number of aromatic nitrogens is 1. The zero-order chi connectivity index (χ0) is 14.7. The first kappa shape index (κ1) is 13.8. The van der Waals surface area contributed by atoms with Crippen molar-refractivity contribution in [2.75, 3.05) is 5.32 Å². The van der Waals surface area contributed by atoms with Gasteiger partial charge in [-0.05, 0) is 24.3 Å². The summed E-state index contributed by atoms with van der Waals surface area (Å²) in [4.78, 5) is 24.6. The number of hydrogen-bond donors (Lipinski definition) is 2. The second kappa shape index (κ2) is 5.54.